The predicted octanol–water partition coefficient (Wildman–Crippen LogP) is 1.64. The van der Waals surface area contributed by atoms with Crippen molar-refractivity contribution < 1.29 is 9.59 Å². The monoisotopic (exact) mass is 314 g/mol. The van der Waals surface area contributed by atoms with Gasteiger partial charge in [0.15, 0.2) is 0 Å². The first-order valence-electron chi connectivity index (χ1n) is 7.80. The van der Waals surface area contributed by atoms with Gasteiger partial charge in [0.05, 0.1) is 0 Å². The maximum atomic E-state index is 12.2. The fourth-order valence-corrected chi connectivity index (χ4v) is 3.01. The highest BCUT2D eigenvalue weighted by atomic mass is 16.2. The maximum Gasteiger partial charge on any atom is 0.249 e. The van der Waals surface area contributed by atoms with Gasteiger partial charge in [-0.1, -0.05) is 26.0 Å². The van der Waals surface area contributed by atoms with Crippen molar-refractivity contribution in [3.05, 3.63) is 41.3 Å². The maximum absolute atomic E-state index is 12.2. The predicted molar refractivity (Wildman–Crippen MR) is 96.5 cm³/mol. The number of benzene rings is 1. The number of imide groups is 1. The van der Waals surface area contributed by atoms with Gasteiger partial charge in [-0.25, -0.2) is 0 Å². The van der Waals surface area contributed by atoms with Crippen LogP contribution < -0.4 is 20.7 Å². The molecule has 1 aromatic carbocycles. The Hall–Kier alpha value is -2.36. The van der Waals surface area contributed by atoms with E-state index in [4.69, 9.17) is 0 Å². The van der Waals surface area contributed by atoms with Gasteiger partial charge in [-0.15, -0.1) is 13.2 Å². The summed E-state index contributed by atoms with van der Waals surface area (Å²) in [5.41, 5.74) is 3.42. The molecular weight excluding hydrogens is 288 g/mol. The quantitative estimate of drug-likeness (QED) is 0.664. The van der Waals surface area contributed by atoms with E-state index in [1.807, 2.05) is 26.0 Å². The van der Waals surface area contributed by atoms with Crippen LogP contribution in [0.3, 0.4) is 0 Å². The molecule has 2 amide bonds. The van der Waals surface area contributed by atoms with E-state index < -0.39 is 0 Å². The summed E-state index contributed by atoms with van der Waals surface area (Å²) < 4.78 is 0. The number of hydrogen-bond donors (Lipinski definition) is 1. The number of fused-ring (bicyclic) bond motifs is 1. The van der Waals surface area contributed by atoms with E-state index in [1.54, 1.807) is 0 Å². The molecule has 1 atom stereocenters. The number of amides is 2. The van der Waals surface area contributed by atoms with Crippen LogP contribution in [-0.2, 0) is 9.59 Å². The Kier molecular flexibility index (Phi) is 6.76. The van der Waals surface area contributed by atoms with Crippen molar-refractivity contribution in [2.75, 3.05) is 11.4 Å². The third-order valence-electron chi connectivity index (χ3n) is 4.11. The van der Waals surface area contributed by atoms with Gasteiger partial charge < -0.3 is 4.90 Å². The Balaban J connectivity index is 0.00000127. The van der Waals surface area contributed by atoms with Gasteiger partial charge in [0.1, 0.15) is 6.04 Å². The van der Waals surface area contributed by atoms with Gasteiger partial charge in [-0.3, -0.25) is 14.9 Å². The molecule has 1 N–H and O–H groups in total. The van der Waals surface area contributed by atoms with Crippen LogP contribution in [0.5, 0.6) is 0 Å². The molecule has 1 aliphatic rings. The van der Waals surface area contributed by atoms with E-state index in [1.165, 1.54) is 5.57 Å². The van der Waals surface area contributed by atoms with Crippen molar-refractivity contribution in [1.82, 2.24) is 5.32 Å². The van der Waals surface area contributed by atoms with E-state index in [-0.39, 0.29) is 11.9 Å². The Labute approximate surface area is 138 Å². The van der Waals surface area contributed by atoms with Crippen LogP contribution in [0.15, 0.2) is 25.3 Å². The van der Waals surface area contributed by atoms with Crippen molar-refractivity contribution in [1.29, 1.82) is 0 Å². The third kappa shape index (κ3) is 3.70. The fraction of sp³-hybridized carbons (Fsp3) is 0.368. The van der Waals surface area contributed by atoms with Gasteiger partial charge in [-0.2, -0.15) is 0 Å². The number of carbonyl (C=O) groups excluding carboxylic acids is 2. The molecule has 4 heteroatoms. The number of nitrogens with one attached hydrogen (secondary N) is 1. The standard InChI is InChI=1S/C17H22N2O2.C2H4/c1-5-6-15(17(21)18-10-20)19-9-12(3)16-13(4)11(2)7-8-14(16)19;1-2/h7-8,10,15H,4-6,9H2,1-3H3,(H,18,20,21);1-2H2. The lowest BCUT2D eigenvalue weighted by atomic mass is 10.1. The molecule has 1 heterocycles. The lowest BCUT2D eigenvalue weighted by molar-refractivity contribution is -0.126. The molecule has 1 aliphatic heterocycles. The largest absolute Gasteiger partial charge is 0.355 e. The lowest BCUT2D eigenvalue weighted by Gasteiger charge is -2.29. The minimum absolute atomic E-state index is 0.237. The summed E-state index contributed by atoms with van der Waals surface area (Å²) in [6.45, 7) is 17.0. The highest BCUT2D eigenvalue weighted by Gasteiger charge is 2.29. The van der Waals surface area contributed by atoms with Gasteiger partial charge >= 0.3 is 0 Å². The lowest BCUT2D eigenvalue weighted by Crippen LogP contribution is -2.47. The summed E-state index contributed by atoms with van der Waals surface area (Å²) in [6.07, 6.45) is 2.05. The van der Waals surface area contributed by atoms with Gasteiger partial charge in [0, 0.05) is 17.5 Å². The van der Waals surface area contributed by atoms with Gasteiger partial charge in [0.25, 0.3) is 0 Å². The zero-order chi connectivity index (χ0) is 17.6. The summed E-state index contributed by atoms with van der Waals surface area (Å²) in [7, 11) is 0. The number of anilines is 1. The second-order valence-corrected chi connectivity index (χ2v) is 5.59. The molecule has 4 nitrogen and oxygen atoms in total. The molecule has 1 aromatic rings. The molecule has 2 rings (SSSR count). The van der Waals surface area contributed by atoms with E-state index in [0.717, 1.165) is 28.1 Å². The fourth-order valence-electron chi connectivity index (χ4n) is 3.01. The molecule has 0 bridgehead atoms. The average molecular weight is 314 g/mol. The first-order valence-corrected chi connectivity index (χ1v) is 7.80. The normalized spacial score (nSPS) is 13.7. The SMILES string of the molecule is C=C.C=c1c(C)ccc2c1=C(C)CN2C(CCC)C(=O)NC=O. The number of nitrogens with zero attached hydrogens (tertiary/aromatic N) is 1. The van der Waals surface area contributed by atoms with Crippen molar-refractivity contribution in [3.8, 4) is 0 Å². The van der Waals surface area contributed by atoms with Crippen LogP contribution in [-0.4, -0.2) is 24.9 Å². The van der Waals surface area contributed by atoms with Gasteiger partial charge in [0.2, 0.25) is 12.3 Å². The molecule has 0 fully saturated rings. The first kappa shape index (κ1) is 18.7. The van der Waals surface area contributed by atoms with Crippen LogP contribution in [0.25, 0.3) is 12.2 Å². The molecule has 0 spiro atoms. The van der Waals surface area contributed by atoms with E-state index in [0.29, 0.717) is 19.4 Å². The average Bonchev–Trinajstić information content (AvgIpc) is 2.88. The smallest absolute Gasteiger partial charge is 0.249 e. The Morgan fingerprint density at radius 3 is 2.61 bits per heavy atom. The number of hydrogen-bond acceptors (Lipinski definition) is 3. The Morgan fingerprint density at radius 1 is 1.39 bits per heavy atom. The van der Waals surface area contributed by atoms with Crippen LogP contribution >= 0.6 is 0 Å². The Bertz CT molecular complexity index is 694. The molecule has 1 unspecified atom stereocenters. The van der Waals surface area contributed by atoms with Crippen molar-refractivity contribution >= 4 is 30.2 Å². The molecule has 0 aromatic heterocycles. The summed E-state index contributed by atoms with van der Waals surface area (Å²) >= 11 is 0. The van der Waals surface area contributed by atoms with Crippen molar-refractivity contribution in [2.24, 2.45) is 0 Å². The summed E-state index contributed by atoms with van der Waals surface area (Å²) in [6, 6.07) is 3.76. The van der Waals surface area contributed by atoms with Crippen molar-refractivity contribution in [3.63, 3.8) is 0 Å². The van der Waals surface area contributed by atoms with Crippen LogP contribution in [0, 0.1) is 6.92 Å². The van der Waals surface area contributed by atoms with Crippen LogP contribution in [0.2, 0.25) is 0 Å². The molecule has 124 valence electrons. The first-order chi connectivity index (χ1) is 11.0. The number of carbonyl (C=O) groups is 2. The minimum atomic E-state index is -0.321. The second-order valence-electron chi connectivity index (χ2n) is 5.59. The third-order valence-corrected chi connectivity index (χ3v) is 4.11. The minimum Gasteiger partial charge on any atom is -0.355 e. The molecule has 0 saturated heterocycles. The summed E-state index contributed by atoms with van der Waals surface area (Å²) in [5, 5.41) is 4.47. The Morgan fingerprint density at radius 2 is 2.04 bits per heavy atom. The van der Waals surface area contributed by atoms with E-state index >= 15 is 0 Å². The zero-order valence-corrected chi connectivity index (χ0v) is 14.3. The molecule has 0 radical (unpaired) electrons. The molecule has 0 saturated carbocycles. The van der Waals surface area contributed by atoms with E-state index in [2.05, 4.69) is 36.9 Å². The van der Waals surface area contributed by atoms with E-state index in [9.17, 15) is 9.59 Å². The highest BCUT2D eigenvalue weighted by Crippen LogP contribution is 2.22. The molecule has 23 heavy (non-hydrogen) atoms. The number of aryl methyl sites for hydroxylation is 1. The zero-order valence-electron chi connectivity index (χ0n) is 14.3. The van der Waals surface area contributed by atoms with Crippen LogP contribution in [0.1, 0.15) is 32.3 Å². The summed E-state index contributed by atoms with van der Waals surface area (Å²) in [4.78, 5) is 24.8. The van der Waals surface area contributed by atoms with Crippen LogP contribution in [0.4, 0.5) is 5.69 Å². The van der Waals surface area contributed by atoms with Gasteiger partial charge in [-0.05, 0) is 42.7 Å². The molecular formula is C19H26N2O2. The second kappa shape index (κ2) is 8.32. The highest BCUT2D eigenvalue weighted by molar-refractivity contribution is 5.93. The molecule has 0 aliphatic carbocycles. The van der Waals surface area contributed by atoms with Crippen molar-refractivity contribution in [2.45, 2.75) is 39.7 Å². The summed E-state index contributed by atoms with van der Waals surface area (Å²) in [5.74, 6) is -0.237. The number of rotatable bonds is 5. The topological polar surface area (TPSA) is 49.4 Å².